The van der Waals surface area contributed by atoms with E-state index in [0.717, 1.165) is 36.4 Å². The highest BCUT2D eigenvalue weighted by Gasteiger charge is 2.37. The molecule has 5 rings (SSSR count). The summed E-state index contributed by atoms with van der Waals surface area (Å²) in [5, 5.41) is 19.8. The first-order chi connectivity index (χ1) is 19.8. The third-order valence-electron chi connectivity index (χ3n) is 8.35. The van der Waals surface area contributed by atoms with E-state index in [1.54, 1.807) is 29.2 Å². The topological polar surface area (TPSA) is 107 Å². The fourth-order valence-corrected chi connectivity index (χ4v) is 6.27. The second-order valence-corrected chi connectivity index (χ2v) is 11.2. The molecular formula is C32H39N3O6. The zero-order valence-corrected chi connectivity index (χ0v) is 23.9. The molecule has 2 aromatic carbocycles. The Morgan fingerprint density at radius 2 is 1.73 bits per heavy atom. The van der Waals surface area contributed by atoms with Gasteiger partial charge in [0.1, 0.15) is 29.9 Å². The van der Waals surface area contributed by atoms with Crippen LogP contribution in [0.5, 0.6) is 5.75 Å². The maximum absolute atomic E-state index is 13.6. The molecule has 9 nitrogen and oxygen atoms in total. The van der Waals surface area contributed by atoms with Gasteiger partial charge in [0.25, 0.3) is 5.91 Å². The first-order valence-electron chi connectivity index (χ1n) is 14.2. The van der Waals surface area contributed by atoms with Crippen molar-refractivity contribution >= 4 is 11.9 Å². The molecule has 0 spiro atoms. The largest absolute Gasteiger partial charge is 0.508 e. The number of likely N-dealkylation sites (tertiary alicyclic amines) is 1. The van der Waals surface area contributed by atoms with Gasteiger partial charge in [-0.2, -0.15) is 0 Å². The van der Waals surface area contributed by atoms with Crippen LogP contribution in [-0.2, 0) is 22.7 Å². The molecule has 0 aliphatic carbocycles. The number of hydrogen-bond donors (Lipinski definition) is 2. The van der Waals surface area contributed by atoms with Crippen molar-refractivity contribution in [1.29, 1.82) is 0 Å². The van der Waals surface area contributed by atoms with Crippen molar-refractivity contribution in [2.75, 3.05) is 26.7 Å². The van der Waals surface area contributed by atoms with E-state index >= 15 is 0 Å². The Bertz CT molecular complexity index is 1370. The van der Waals surface area contributed by atoms with Crippen LogP contribution < -0.4 is 0 Å². The third kappa shape index (κ3) is 6.17. The number of carbonyl (C=O) groups excluding carboxylic acids is 2. The Morgan fingerprint density at radius 1 is 1.00 bits per heavy atom. The van der Waals surface area contributed by atoms with Crippen LogP contribution in [0.1, 0.15) is 65.7 Å². The number of piperazine rings is 1. The fourth-order valence-electron chi connectivity index (χ4n) is 6.27. The van der Waals surface area contributed by atoms with Gasteiger partial charge in [0.2, 0.25) is 0 Å². The molecule has 2 fully saturated rings. The number of benzene rings is 2. The van der Waals surface area contributed by atoms with Crippen molar-refractivity contribution in [2.45, 2.75) is 64.0 Å². The molecule has 0 saturated carbocycles. The van der Waals surface area contributed by atoms with Crippen LogP contribution in [0, 0.1) is 0 Å². The molecule has 1 aromatic heterocycles. The van der Waals surface area contributed by atoms with Crippen LogP contribution >= 0.6 is 0 Å². The normalized spacial score (nSPS) is 22.5. The lowest BCUT2D eigenvalue weighted by Crippen LogP contribution is -2.56. The van der Waals surface area contributed by atoms with Crippen molar-refractivity contribution in [2.24, 2.45) is 0 Å². The van der Waals surface area contributed by atoms with Gasteiger partial charge < -0.3 is 24.3 Å². The summed E-state index contributed by atoms with van der Waals surface area (Å²) < 4.78 is 10.7. The van der Waals surface area contributed by atoms with Gasteiger partial charge >= 0.3 is 5.97 Å². The summed E-state index contributed by atoms with van der Waals surface area (Å²) in [7, 11) is 1.35. The standard InChI is InChI=1S/C32H39N3O6/c1-21-18-35(22(2)17-33(21)19-27-12-13-28(20-36)41-27)30(24-8-5-10-26(37)16-24)23-7-4-9-25(15-23)31(38)34-14-6-11-29(34)32(39)40-3/h4-5,7-10,12-13,15-16,21-22,29-30,36-37H,6,11,14,17-20H2,1-3H3/t21-,22+,29+,30-/m1/s1. The minimum Gasteiger partial charge on any atom is -0.508 e. The summed E-state index contributed by atoms with van der Waals surface area (Å²) in [6.45, 7) is 6.98. The Kier molecular flexibility index (Phi) is 8.77. The molecule has 2 N–H and O–H groups in total. The van der Waals surface area contributed by atoms with Crippen LogP contribution in [0.4, 0.5) is 0 Å². The van der Waals surface area contributed by atoms with Gasteiger partial charge in [0.05, 0.1) is 19.7 Å². The maximum atomic E-state index is 13.6. The number of amides is 1. The number of rotatable bonds is 8. The summed E-state index contributed by atoms with van der Waals surface area (Å²) in [6.07, 6.45) is 1.36. The molecule has 2 aliphatic rings. The molecule has 2 saturated heterocycles. The quantitative estimate of drug-likeness (QED) is 0.399. The van der Waals surface area contributed by atoms with Crippen molar-refractivity contribution in [3.8, 4) is 5.75 Å². The van der Waals surface area contributed by atoms with Crippen molar-refractivity contribution in [3.63, 3.8) is 0 Å². The summed E-state index contributed by atoms with van der Waals surface area (Å²) in [5.74, 6) is 1.01. The van der Waals surface area contributed by atoms with E-state index < -0.39 is 6.04 Å². The average Bonchev–Trinajstić information content (AvgIpc) is 3.65. The van der Waals surface area contributed by atoms with Crippen LogP contribution in [0.3, 0.4) is 0 Å². The Labute approximate surface area is 240 Å². The van der Waals surface area contributed by atoms with Gasteiger partial charge in [-0.25, -0.2) is 4.79 Å². The van der Waals surface area contributed by atoms with Crippen LogP contribution in [0.2, 0.25) is 0 Å². The average molecular weight is 562 g/mol. The van der Waals surface area contributed by atoms with E-state index in [-0.39, 0.29) is 42.4 Å². The van der Waals surface area contributed by atoms with Crippen LogP contribution in [0.25, 0.3) is 0 Å². The number of carbonyl (C=O) groups is 2. The van der Waals surface area contributed by atoms with Crippen molar-refractivity contribution in [1.82, 2.24) is 14.7 Å². The molecule has 0 bridgehead atoms. The number of methoxy groups -OCH3 is 1. The second-order valence-electron chi connectivity index (χ2n) is 11.2. The van der Waals surface area contributed by atoms with Gasteiger partial charge in [-0.3, -0.25) is 14.6 Å². The lowest BCUT2D eigenvalue weighted by atomic mass is 9.92. The van der Waals surface area contributed by atoms with E-state index in [1.165, 1.54) is 7.11 Å². The Morgan fingerprint density at radius 3 is 2.44 bits per heavy atom. The Balaban J connectivity index is 1.43. The molecule has 2 aliphatic heterocycles. The minimum atomic E-state index is -0.561. The zero-order chi connectivity index (χ0) is 29.1. The number of hydrogen-bond acceptors (Lipinski definition) is 8. The van der Waals surface area contributed by atoms with Gasteiger partial charge in [0.15, 0.2) is 0 Å². The fraction of sp³-hybridized carbons (Fsp3) is 0.438. The number of phenolic OH excluding ortho intramolecular Hbond substituents is 1. The summed E-state index contributed by atoms with van der Waals surface area (Å²) in [4.78, 5) is 32.3. The number of aliphatic hydroxyl groups excluding tert-OH is 1. The molecule has 4 atom stereocenters. The number of nitrogens with zero attached hydrogens (tertiary/aromatic N) is 3. The minimum absolute atomic E-state index is 0.117. The summed E-state index contributed by atoms with van der Waals surface area (Å²) in [6, 6.07) is 18.2. The lowest BCUT2D eigenvalue weighted by molar-refractivity contribution is -0.145. The molecular weight excluding hydrogens is 522 g/mol. The smallest absolute Gasteiger partial charge is 0.328 e. The van der Waals surface area contributed by atoms with Crippen LogP contribution in [-0.4, -0.2) is 81.7 Å². The number of furan rings is 1. The molecule has 1 amide bonds. The maximum Gasteiger partial charge on any atom is 0.328 e. The molecule has 9 heteroatoms. The van der Waals surface area contributed by atoms with E-state index in [2.05, 4.69) is 23.6 Å². The SMILES string of the molecule is COC(=O)[C@@H]1CCCN1C(=O)c1cccc([C@H](c2cccc(O)c2)N2C[C@@H](C)N(Cc3ccc(CO)o3)C[C@@H]2C)c1. The number of aliphatic hydroxyl groups is 1. The predicted octanol–water partition coefficient (Wildman–Crippen LogP) is 3.94. The monoisotopic (exact) mass is 561 g/mol. The molecule has 0 radical (unpaired) electrons. The van der Waals surface area contributed by atoms with E-state index in [1.807, 2.05) is 36.4 Å². The molecule has 41 heavy (non-hydrogen) atoms. The van der Waals surface area contributed by atoms with Gasteiger partial charge in [-0.05, 0) is 74.2 Å². The van der Waals surface area contributed by atoms with Crippen molar-refractivity contribution < 1.29 is 29.0 Å². The van der Waals surface area contributed by atoms with Gasteiger partial charge in [-0.15, -0.1) is 0 Å². The number of aromatic hydroxyl groups is 1. The molecule has 3 aromatic rings. The number of phenols is 1. The predicted molar refractivity (Wildman–Crippen MR) is 153 cm³/mol. The lowest BCUT2D eigenvalue weighted by Gasteiger charge is -2.47. The van der Waals surface area contributed by atoms with E-state index in [4.69, 9.17) is 9.15 Å². The van der Waals surface area contributed by atoms with Gasteiger partial charge in [-0.1, -0.05) is 24.3 Å². The highest BCUT2D eigenvalue weighted by atomic mass is 16.5. The number of esters is 1. The highest BCUT2D eigenvalue weighted by molar-refractivity contribution is 5.97. The van der Waals surface area contributed by atoms with E-state index in [9.17, 15) is 19.8 Å². The van der Waals surface area contributed by atoms with Gasteiger partial charge in [0, 0.05) is 37.3 Å². The van der Waals surface area contributed by atoms with Crippen molar-refractivity contribution in [3.05, 3.63) is 88.9 Å². The first-order valence-corrected chi connectivity index (χ1v) is 14.2. The first kappa shape index (κ1) is 28.9. The summed E-state index contributed by atoms with van der Waals surface area (Å²) in [5.41, 5.74) is 2.41. The molecule has 0 unspecified atom stereocenters. The third-order valence-corrected chi connectivity index (χ3v) is 8.35. The van der Waals surface area contributed by atoms with E-state index in [0.29, 0.717) is 30.8 Å². The van der Waals surface area contributed by atoms with Crippen LogP contribution in [0.15, 0.2) is 65.1 Å². The highest BCUT2D eigenvalue weighted by Crippen LogP contribution is 2.35. The molecule has 218 valence electrons. The molecule has 3 heterocycles. The Hall–Kier alpha value is -3.66. The second kappa shape index (κ2) is 12.5. The zero-order valence-electron chi connectivity index (χ0n) is 23.9. The summed E-state index contributed by atoms with van der Waals surface area (Å²) >= 11 is 0. The number of ether oxygens (including phenoxy) is 1.